The molecular formula is C24H28N3OS+. The number of benzene rings is 1. The van der Waals surface area contributed by atoms with Crippen molar-refractivity contribution in [2.45, 2.75) is 39.2 Å². The highest BCUT2D eigenvalue weighted by Gasteiger charge is 2.34. The summed E-state index contributed by atoms with van der Waals surface area (Å²) in [6, 6.07) is 15.7. The van der Waals surface area contributed by atoms with E-state index in [1.807, 2.05) is 42.6 Å². The van der Waals surface area contributed by atoms with Crippen LogP contribution in [-0.4, -0.2) is 24.0 Å². The second-order valence-corrected chi connectivity index (χ2v) is 8.98. The first-order valence-electron chi connectivity index (χ1n) is 10.4. The van der Waals surface area contributed by atoms with E-state index in [0.29, 0.717) is 5.56 Å². The predicted molar refractivity (Wildman–Crippen MR) is 119 cm³/mol. The van der Waals surface area contributed by atoms with Gasteiger partial charge in [-0.1, -0.05) is 24.3 Å². The molecule has 0 spiro atoms. The zero-order valence-corrected chi connectivity index (χ0v) is 17.9. The van der Waals surface area contributed by atoms with Crippen LogP contribution in [0.4, 0.5) is 5.00 Å². The maximum absolute atomic E-state index is 12.9. The molecule has 1 saturated heterocycles. The van der Waals surface area contributed by atoms with Crippen LogP contribution in [0.1, 0.15) is 57.4 Å². The highest BCUT2D eigenvalue weighted by molar-refractivity contribution is 7.16. The number of pyridine rings is 1. The summed E-state index contributed by atoms with van der Waals surface area (Å²) in [5.41, 5.74) is 4.27. The number of likely N-dealkylation sites (tertiary alicyclic amines) is 1. The van der Waals surface area contributed by atoms with Gasteiger partial charge in [0.15, 0.2) is 6.04 Å². The van der Waals surface area contributed by atoms with E-state index in [1.54, 1.807) is 16.2 Å². The summed E-state index contributed by atoms with van der Waals surface area (Å²) < 4.78 is 0. The Kier molecular flexibility index (Phi) is 6.07. The fourth-order valence-electron chi connectivity index (χ4n) is 4.25. The summed E-state index contributed by atoms with van der Waals surface area (Å²) in [6.07, 6.45) is 5.67. The lowest BCUT2D eigenvalue weighted by Crippen LogP contribution is -3.13. The first kappa shape index (κ1) is 19.8. The van der Waals surface area contributed by atoms with Crippen molar-refractivity contribution in [3.05, 3.63) is 82.0 Å². The molecule has 3 heterocycles. The molecule has 0 unspecified atom stereocenters. The number of carbonyl (C=O) groups is 1. The first-order chi connectivity index (χ1) is 14.1. The van der Waals surface area contributed by atoms with Crippen molar-refractivity contribution < 1.29 is 9.69 Å². The van der Waals surface area contributed by atoms with Crippen LogP contribution in [0.25, 0.3) is 0 Å². The van der Waals surface area contributed by atoms with Crippen molar-refractivity contribution in [1.29, 1.82) is 0 Å². The molecule has 5 heteroatoms. The molecule has 0 saturated carbocycles. The summed E-state index contributed by atoms with van der Waals surface area (Å²) >= 11 is 1.68. The monoisotopic (exact) mass is 406 g/mol. The Hall–Kier alpha value is -2.50. The molecule has 29 heavy (non-hydrogen) atoms. The number of hydrogen-bond acceptors (Lipinski definition) is 3. The molecule has 2 aromatic heterocycles. The molecule has 4 nitrogen and oxygen atoms in total. The van der Waals surface area contributed by atoms with Gasteiger partial charge in [0, 0.05) is 16.6 Å². The van der Waals surface area contributed by atoms with Gasteiger partial charge in [-0.15, -0.1) is 11.3 Å². The molecule has 2 N–H and O–H groups in total. The van der Waals surface area contributed by atoms with Crippen LogP contribution in [0.3, 0.4) is 0 Å². The number of rotatable bonds is 5. The number of hydrogen-bond donors (Lipinski definition) is 2. The molecule has 0 radical (unpaired) electrons. The van der Waals surface area contributed by atoms with Gasteiger partial charge in [-0.25, -0.2) is 0 Å². The van der Waals surface area contributed by atoms with Crippen LogP contribution in [0.5, 0.6) is 0 Å². The molecule has 1 fully saturated rings. The van der Waals surface area contributed by atoms with Crippen LogP contribution < -0.4 is 10.2 Å². The van der Waals surface area contributed by atoms with Crippen molar-refractivity contribution in [3.63, 3.8) is 0 Å². The quantitative estimate of drug-likeness (QED) is 0.668. The normalized spacial score (nSPS) is 15.8. The third kappa shape index (κ3) is 4.26. The van der Waals surface area contributed by atoms with Crippen LogP contribution >= 0.6 is 11.3 Å². The Balaban J connectivity index is 1.75. The molecule has 0 bridgehead atoms. The molecular weight excluding hydrogens is 378 g/mol. The highest BCUT2D eigenvalue weighted by atomic mass is 32.1. The Morgan fingerprint density at radius 1 is 1.03 bits per heavy atom. The van der Waals surface area contributed by atoms with Crippen LogP contribution in [0, 0.1) is 13.8 Å². The minimum absolute atomic E-state index is 0.0542. The number of aryl methyl sites for hydroxylation is 1. The number of nitrogens with zero attached hydrogens (tertiary/aromatic N) is 1. The standard InChI is InChI=1S/C24H27N3OS/c1-17-18(2)29-24(26-23(28)19-11-5-3-6-12-19)21(17)22(20-13-7-8-14-25-20)27-15-9-4-10-16-27/h3,5-8,11-14,22H,4,9-10,15-16H2,1-2H3,(H,26,28)/p+1/t22-/m1/s1. The Labute approximate surface area is 176 Å². The zero-order chi connectivity index (χ0) is 20.2. The van der Waals surface area contributed by atoms with Gasteiger partial charge in [0.2, 0.25) is 0 Å². The second kappa shape index (κ2) is 8.89. The summed E-state index contributed by atoms with van der Waals surface area (Å²) in [5, 5.41) is 4.18. The maximum Gasteiger partial charge on any atom is 0.256 e. The second-order valence-electron chi connectivity index (χ2n) is 7.75. The molecule has 1 aliphatic rings. The van der Waals surface area contributed by atoms with Gasteiger partial charge < -0.3 is 10.2 Å². The molecule has 1 atom stereocenters. The molecule has 1 amide bonds. The summed E-state index contributed by atoms with van der Waals surface area (Å²) in [5.74, 6) is -0.0542. The predicted octanol–water partition coefficient (Wildman–Crippen LogP) is 4.17. The van der Waals surface area contributed by atoms with E-state index in [2.05, 4.69) is 31.3 Å². The fraction of sp³-hybridized carbons (Fsp3) is 0.333. The van der Waals surface area contributed by atoms with Crippen LogP contribution in [-0.2, 0) is 0 Å². The lowest BCUT2D eigenvalue weighted by molar-refractivity contribution is -0.930. The number of carbonyl (C=O) groups excluding carboxylic acids is 1. The lowest BCUT2D eigenvalue weighted by Gasteiger charge is -2.32. The van der Waals surface area contributed by atoms with Gasteiger partial charge in [0.05, 0.1) is 18.7 Å². The topological polar surface area (TPSA) is 46.4 Å². The van der Waals surface area contributed by atoms with Crippen LogP contribution in [0.15, 0.2) is 54.7 Å². The van der Waals surface area contributed by atoms with E-state index < -0.39 is 0 Å². The van der Waals surface area contributed by atoms with Gasteiger partial charge in [-0.3, -0.25) is 9.78 Å². The number of piperidine rings is 1. The third-order valence-corrected chi connectivity index (χ3v) is 7.01. The number of anilines is 1. The van der Waals surface area contributed by atoms with Gasteiger partial charge in [-0.05, 0) is 62.9 Å². The molecule has 3 aromatic rings. The Morgan fingerprint density at radius 2 is 1.76 bits per heavy atom. The van der Waals surface area contributed by atoms with Gasteiger partial charge in [-0.2, -0.15) is 0 Å². The fourth-order valence-corrected chi connectivity index (χ4v) is 5.35. The average Bonchev–Trinajstić information content (AvgIpc) is 3.04. The van der Waals surface area contributed by atoms with E-state index >= 15 is 0 Å². The number of amides is 1. The van der Waals surface area contributed by atoms with Crippen molar-refractivity contribution >= 4 is 22.2 Å². The Bertz CT molecular complexity index is 963. The van der Waals surface area contributed by atoms with Gasteiger partial charge in [0.25, 0.3) is 5.91 Å². The zero-order valence-electron chi connectivity index (χ0n) is 17.1. The average molecular weight is 407 g/mol. The number of nitrogens with one attached hydrogen (secondary N) is 2. The Morgan fingerprint density at radius 3 is 2.45 bits per heavy atom. The first-order valence-corrected chi connectivity index (χ1v) is 11.2. The van der Waals surface area contributed by atoms with E-state index in [1.165, 1.54) is 35.3 Å². The molecule has 1 aliphatic heterocycles. The van der Waals surface area contributed by atoms with Crippen molar-refractivity contribution in [3.8, 4) is 0 Å². The van der Waals surface area contributed by atoms with E-state index in [0.717, 1.165) is 23.8 Å². The summed E-state index contributed by atoms with van der Waals surface area (Å²) in [6.45, 7) is 6.60. The summed E-state index contributed by atoms with van der Waals surface area (Å²) in [4.78, 5) is 20.4. The smallest absolute Gasteiger partial charge is 0.256 e. The molecule has 0 aliphatic carbocycles. The molecule has 4 rings (SSSR count). The van der Waals surface area contributed by atoms with E-state index in [4.69, 9.17) is 4.98 Å². The van der Waals surface area contributed by atoms with Crippen molar-refractivity contribution in [2.24, 2.45) is 0 Å². The minimum Gasteiger partial charge on any atom is -0.324 e. The number of thiophene rings is 1. The lowest BCUT2D eigenvalue weighted by atomic mass is 9.96. The minimum atomic E-state index is -0.0542. The van der Waals surface area contributed by atoms with E-state index in [-0.39, 0.29) is 11.9 Å². The number of aromatic nitrogens is 1. The van der Waals surface area contributed by atoms with Crippen molar-refractivity contribution in [2.75, 3.05) is 18.4 Å². The largest absolute Gasteiger partial charge is 0.324 e. The van der Waals surface area contributed by atoms with Crippen LogP contribution in [0.2, 0.25) is 0 Å². The van der Waals surface area contributed by atoms with Gasteiger partial charge in [0.1, 0.15) is 10.7 Å². The molecule has 150 valence electrons. The highest BCUT2D eigenvalue weighted by Crippen LogP contribution is 2.38. The maximum atomic E-state index is 12.9. The number of quaternary nitrogens is 1. The molecule has 1 aromatic carbocycles. The SMILES string of the molecule is Cc1sc(NC(=O)c2ccccc2)c([C@@H](c2ccccn2)[NH+]2CCCCC2)c1C. The van der Waals surface area contributed by atoms with Crippen molar-refractivity contribution in [1.82, 2.24) is 4.98 Å². The van der Waals surface area contributed by atoms with E-state index in [9.17, 15) is 4.79 Å². The van der Waals surface area contributed by atoms with Gasteiger partial charge >= 0.3 is 0 Å². The summed E-state index contributed by atoms with van der Waals surface area (Å²) in [7, 11) is 0. The third-order valence-electron chi connectivity index (χ3n) is 5.87.